The number of hydrogen-bond acceptors (Lipinski definition) is 4. The zero-order valence-electron chi connectivity index (χ0n) is 15.7. The molecule has 0 aliphatic heterocycles. The van der Waals surface area contributed by atoms with Crippen molar-refractivity contribution in [3.8, 4) is 11.3 Å². The Labute approximate surface area is 181 Å². The first-order valence-corrected chi connectivity index (χ1v) is 8.83. The number of nitrogens with zero attached hydrogens (tertiary/aromatic N) is 3. The van der Waals surface area contributed by atoms with Crippen LogP contribution in [-0.2, 0) is 26.5 Å². The molecule has 0 aromatic carbocycles. The molecule has 1 N–H and O–H groups in total. The van der Waals surface area contributed by atoms with Crippen LogP contribution >= 0.6 is 0 Å². The Morgan fingerprint density at radius 2 is 1.66 bits per heavy atom. The molecule has 5 nitrogen and oxygen atoms in total. The number of aromatic carboxylic acids is 1. The topological polar surface area (TPSA) is 76.0 Å². The molecule has 0 unspecified atom stereocenters. The monoisotopic (exact) mass is 577 g/mol. The minimum Gasteiger partial charge on any atom is -0.477 e. The Morgan fingerprint density at radius 3 is 2.24 bits per heavy atom. The van der Waals surface area contributed by atoms with Crippen LogP contribution in [-0.4, -0.2) is 26.0 Å². The molecule has 0 bridgehead atoms. The average molecular weight is 577 g/mol. The number of halogens is 2. The summed E-state index contributed by atoms with van der Waals surface area (Å²) in [6, 6.07) is 13.4. The Bertz CT molecular complexity index is 1030. The molecule has 3 aromatic heterocycles. The Kier molecular flexibility index (Phi) is 7.31. The fourth-order valence-electron chi connectivity index (χ4n) is 3.32. The number of hydrogen-bond donors (Lipinski definition) is 1. The zero-order chi connectivity index (χ0) is 20.3. The van der Waals surface area contributed by atoms with Gasteiger partial charge in [-0.05, 0) is 36.7 Å². The van der Waals surface area contributed by atoms with Gasteiger partial charge in [-0.3, -0.25) is 4.98 Å². The third-order valence-electron chi connectivity index (χ3n) is 4.91. The predicted molar refractivity (Wildman–Crippen MR) is 98.8 cm³/mol. The number of aromatic nitrogens is 3. The van der Waals surface area contributed by atoms with E-state index in [1.54, 1.807) is 30.3 Å². The maximum atomic E-state index is 14.1. The van der Waals surface area contributed by atoms with E-state index in [0.717, 1.165) is 6.07 Å². The Hall–Kier alpha value is -2.53. The van der Waals surface area contributed by atoms with Crippen molar-refractivity contribution < 1.29 is 39.7 Å². The third kappa shape index (κ3) is 4.40. The molecule has 3 heterocycles. The molecule has 0 radical (unpaired) electrons. The molecule has 8 heteroatoms. The molecule has 0 saturated carbocycles. The van der Waals surface area contributed by atoms with Crippen molar-refractivity contribution in [2.24, 2.45) is 0 Å². The van der Waals surface area contributed by atoms with Crippen LogP contribution in [0.4, 0.5) is 8.78 Å². The van der Waals surface area contributed by atoms with Gasteiger partial charge < -0.3 is 10.1 Å². The fraction of sp³-hybridized carbons (Fsp3) is 0.238. The van der Waals surface area contributed by atoms with Crippen LogP contribution in [0.3, 0.4) is 0 Å². The van der Waals surface area contributed by atoms with Gasteiger partial charge in [0.15, 0.2) is 0 Å². The molecule has 0 aliphatic carbocycles. The fourth-order valence-corrected chi connectivity index (χ4v) is 3.32. The number of pyridine rings is 3. The molecule has 29 heavy (non-hydrogen) atoms. The number of carboxylic acid groups (broad SMARTS) is 1. The van der Waals surface area contributed by atoms with Crippen LogP contribution < -0.4 is 0 Å². The summed E-state index contributed by atoms with van der Waals surface area (Å²) in [7, 11) is 0. The van der Waals surface area contributed by atoms with Crippen molar-refractivity contribution in [2.75, 3.05) is 0 Å². The van der Waals surface area contributed by atoms with Crippen molar-refractivity contribution >= 4 is 5.97 Å². The molecule has 0 aliphatic rings. The first kappa shape index (κ1) is 22.8. The molecule has 0 amide bonds. The summed E-state index contributed by atoms with van der Waals surface area (Å²) in [5.41, 5.74) is 0.707. The quantitative estimate of drug-likeness (QED) is 0.347. The zero-order valence-corrected chi connectivity index (χ0v) is 18.0. The molecular formula is C21H18F2N3O2Pt-. The molecule has 3 rings (SSSR count). The van der Waals surface area contributed by atoms with E-state index < -0.39 is 23.3 Å². The third-order valence-corrected chi connectivity index (χ3v) is 4.91. The van der Waals surface area contributed by atoms with Crippen molar-refractivity contribution in [3.63, 3.8) is 0 Å². The minimum absolute atomic E-state index is 0. The van der Waals surface area contributed by atoms with E-state index in [2.05, 4.69) is 21.0 Å². The van der Waals surface area contributed by atoms with Gasteiger partial charge in [0, 0.05) is 26.8 Å². The molecule has 3 aromatic rings. The van der Waals surface area contributed by atoms with Crippen molar-refractivity contribution in [1.29, 1.82) is 0 Å². The number of carboxylic acids is 1. The smallest absolute Gasteiger partial charge is 0.354 e. The Morgan fingerprint density at radius 1 is 1.03 bits per heavy atom. The summed E-state index contributed by atoms with van der Waals surface area (Å²) in [5, 5.41) is 9.28. The van der Waals surface area contributed by atoms with Crippen LogP contribution in [0.25, 0.3) is 11.3 Å². The summed E-state index contributed by atoms with van der Waals surface area (Å²) >= 11 is 0. The van der Waals surface area contributed by atoms with E-state index in [4.69, 9.17) is 0 Å². The summed E-state index contributed by atoms with van der Waals surface area (Å²) in [5.74, 6) is -3.06. The van der Waals surface area contributed by atoms with Gasteiger partial charge in [-0.2, -0.15) is 0 Å². The van der Waals surface area contributed by atoms with E-state index in [-0.39, 0.29) is 38.0 Å². The molecular weight excluding hydrogens is 559 g/mol. The van der Waals surface area contributed by atoms with Crippen LogP contribution in [0.1, 0.15) is 48.6 Å². The van der Waals surface area contributed by atoms with E-state index in [1.165, 1.54) is 6.07 Å². The maximum absolute atomic E-state index is 14.1. The molecule has 0 fully saturated rings. The molecule has 0 spiro atoms. The summed E-state index contributed by atoms with van der Waals surface area (Å²) in [6.07, 6.45) is 1.20. The van der Waals surface area contributed by atoms with Gasteiger partial charge in [0.05, 0.1) is 11.1 Å². The first-order chi connectivity index (χ1) is 13.4. The molecule has 0 saturated heterocycles. The number of rotatable bonds is 6. The second kappa shape index (κ2) is 9.31. The van der Waals surface area contributed by atoms with Crippen molar-refractivity contribution in [1.82, 2.24) is 15.0 Å². The normalized spacial score (nSPS) is 11.0. The predicted octanol–water partition coefficient (Wildman–Crippen LogP) is 4.42. The van der Waals surface area contributed by atoms with Gasteiger partial charge in [0.25, 0.3) is 0 Å². The SMILES string of the molecule is CCC(CC)(c1cccc(C(=O)O)n1)c1cccc(-c2[c-]cc(F)nc2F)n1.[Pt]. The minimum atomic E-state index is -1.11. The van der Waals surface area contributed by atoms with Gasteiger partial charge in [-0.1, -0.05) is 43.7 Å². The summed E-state index contributed by atoms with van der Waals surface area (Å²) in [6.45, 7) is 3.91. The molecule has 0 atom stereocenters. The maximum Gasteiger partial charge on any atom is 0.354 e. The summed E-state index contributed by atoms with van der Waals surface area (Å²) in [4.78, 5) is 23.4. The summed E-state index contributed by atoms with van der Waals surface area (Å²) < 4.78 is 27.2. The van der Waals surface area contributed by atoms with Gasteiger partial charge in [0.1, 0.15) is 17.6 Å². The standard InChI is InChI=1S/C21H18F2N3O2.Pt/c1-3-21(4-2,17-10-6-8-15(25-17)20(27)28)16-9-5-7-14(24-16)13-11-12-18(22)26-19(13)23;/h5-10,12H,3-4H2,1-2H3,(H,27,28);/q-1;. The van der Waals surface area contributed by atoms with E-state index >= 15 is 0 Å². The Balaban J connectivity index is 0.00000300. The van der Waals surface area contributed by atoms with Crippen molar-refractivity contribution in [3.05, 3.63) is 77.5 Å². The van der Waals surface area contributed by atoms with Crippen LogP contribution in [0.5, 0.6) is 0 Å². The van der Waals surface area contributed by atoms with E-state index in [0.29, 0.717) is 24.2 Å². The molecule has 154 valence electrons. The van der Waals surface area contributed by atoms with Gasteiger partial charge in [0.2, 0.25) is 0 Å². The van der Waals surface area contributed by atoms with Gasteiger partial charge >= 0.3 is 5.97 Å². The second-order valence-electron chi connectivity index (χ2n) is 6.30. The van der Waals surface area contributed by atoms with Crippen LogP contribution in [0.2, 0.25) is 0 Å². The van der Waals surface area contributed by atoms with Crippen LogP contribution in [0, 0.1) is 18.0 Å². The largest absolute Gasteiger partial charge is 0.477 e. The number of carbonyl (C=O) groups is 1. The van der Waals surface area contributed by atoms with Crippen molar-refractivity contribution in [2.45, 2.75) is 32.1 Å². The van der Waals surface area contributed by atoms with E-state index in [1.807, 2.05) is 13.8 Å². The second-order valence-corrected chi connectivity index (χ2v) is 6.30. The van der Waals surface area contributed by atoms with E-state index in [9.17, 15) is 18.7 Å². The van der Waals surface area contributed by atoms with Gasteiger partial charge in [-0.25, -0.2) is 18.6 Å². The average Bonchev–Trinajstić information content (AvgIpc) is 2.70. The van der Waals surface area contributed by atoms with Crippen LogP contribution in [0.15, 0.2) is 42.5 Å². The first-order valence-electron chi connectivity index (χ1n) is 8.83. The van der Waals surface area contributed by atoms with Gasteiger partial charge in [-0.15, -0.1) is 6.07 Å².